The van der Waals surface area contributed by atoms with Gasteiger partial charge in [0.15, 0.2) is 0 Å². The van der Waals surface area contributed by atoms with Crippen LogP contribution in [0.5, 0.6) is 0 Å². The molecule has 1 heterocycles. The zero-order chi connectivity index (χ0) is 14.6. The molecular formula is C13H15N3O3S. The van der Waals surface area contributed by atoms with Crippen LogP contribution < -0.4 is 10.5 Å². The molecule has 0 bridgehead atoms. The monoisotopic (exact) mass is 293 g/mol. The lowest BCUT2D eigenvalue weighted by Crippen LogP contribution is -2.24. The highest BCUT2D eigenvalue weighted by Crippen LogP contribution is 2.14. The quantitative estimate of drug-likeness (QED) is 0.750. The van der Waals surface area contributed by atoms with Gasteiger partial charge in [0.2, 0.25) is 10.0 Å². The molecular weight excluding hydrogens is 278 g/mol. The summed E-state index contributed by atoms with van der Waals surface area (Å²) in [6, 6.07) is 9.89. The molecule has 0 fully saturated rings. The lowest BCUT2D eigenvalue weighted by atomic mass is 10.1. The van der Waals surface area contributed by atoms with Crippen molar-refractivity contribution in [2.45, 2.75) is 18.0 Å². The molecule has 0 aliphatic heterocycles. The van der Waals surface area contributed by atoms with E-state index in [0.29, 0.717) is 0 Å². The van der Waals surface area contributed by atoms with Crippen LogP contribution in [-0.2, 0) is 23.2 Å². The van der Waals surface area contributed by atoms with Gasteiger partial charge >= 0.3 is 0 Å². The first kappa shape index (κ1) is 14.4. The molecule has 7 heteroatoms. The van der Waals surface area contributed by atoms with Crippen molar-refractivity contribution in [1.29, 1.82) is 0 Å². The van der Waals surface area contributed by atoms with Crippen LogP contribution in [-0.4, -0.2) is 18.5 Å². The third kappa shape index (κ3) is 3.32. The smallest absolute Gasteiger partial charge is 0.244 e. The number of hydrogen-bond acceptors (Lipinski definition) is 5. The number of nitrogens with two attached hydrogens (primary N) is 1. The average Bonchev–Trinajstić information content (AvgIpc) is 2.46. The van der Waals surface area contributed by atoms with Gasteiger partial charge < -0.3 is 10.8 Å². The number of nitrogen functional groups attached to an aromatic ring is 1. The summed E-state index contributed by atoms with van der Waals surface area (Å²) in [5.74, 6) is -0.0318. The molecule has 106 valence electrons. The summed E-state index contributed by atoms with van der Waals surface area (Å²) in [6.07, 6.45) is 1.43. The molecule has 0 amide bonds. The number of sulfonamides is 1. The van der Waals surface area contributed by atoms with E-state index < -0.39 is 10.0 Å². The lowest BCUT2D eigenvalue weighted by Gasteiger charge is -2.08. The molecule has 0 aliphatic carbocycles. The second-order valence-corrected chi connectivity index (χ2v) is 5.92. The van der Waals surface area contributed by atoms with E-state index in [2.05, 4.69) is 9.71 Å². The molecule has 1 aromatic carbocycles. The fraction of sp³-hybridized carbons (Fsp3) is 0.154. The van der Waals surface area contributed by atoms with Crippen molar-refractivity contribution in [3.05, 3.63) is 53.7 Å². The Morgan fingerprint density at radius 3 is 2.40 bits per heavy atom. The zero-order valence-corrected chi connectivity index (χ0v) is 11.5. The molecule has 0 saturated carbocycles. The molecule has 4 N–H and O–H groups in total. The predicted molar refractivity (Wildman–Crippen MR) is 75.0 cm³/mol. The van der Waals surface area contributed by atoms with Crippen molar-refractivity contribution in [2.24, 2.45) is 0 Å². The maximum Gasteiger partial charge on any atom is 0.244 e. The Bertz CT molecular complexity index is 684. The van der Waals surface area contributed by atoms with Gasteiger partial charge in [0.25, 0.3) is 0 Å². The van der Waals surface area contributed by atoms with Crippen LogP contribution >= 0.6 is 0 Å². The molecule has 0 radical (unpaired) electrons. The van der Waals surface area contributed by atoms with Gasteiger partial charge in [0.05, 0.1) is 6.61 Å². The minimum atomic E-state index is -3.69. The first-order valence-corrected chi connectivity index (χ1v) is 7.40. The van der Waals surface area contributed by atoms with Gasteiger partial charge in [-0.1, -0.05) is 24.3 Å². The Morgan fingerprint density at radius 2 is 1.80 bits per heavy atom. The van der Waals surface area contributed by atoms with E-state index in [1.807, 2.05) is 0 Å². The summed E-state index contributed by atoms with van der Waals surface area (Å²) in [4.78, 5) is 3.72. The first-order chi connectivity index (χ1) is 9.53. The third-order valence-corrected chi connectivity index (χ3v) is 4.21. The molecule has 2 aromatic rings. The number of anilines is 1. The van der Waals surface area contributed by atoms with Gasteiger partial charge in [-0.3, -0.25) is 0 Å². The first-order valence-electron chi connectivity index (χ1n) is 5.92. The topological polar surface area (TPSA) is 105 Å². The SMILES string of the molecule is Nc1ncccc1S(=O)(=O)NCc1ccc(CO)cc1. The van der Waals surface area contributed by atoms with Crippen LogP contribution in [0.2, 0.25) is 0 Å². The minimum absolute atomic E-state index is 0.0318. The summed E-state index contributed by atoms with van der Waals surface area (Å²) in [5.41, 5.74) is 7.11. The summed E-state index contributed by atoms with van der Waals surface area (Å²) < 4.78 is 26.6. The molecule has 2 rings (SSSR count). The number of pyridine rings is 1. The number of nitrogens with one attached hydrogen (secondary N) is 1. The maximum atomic E-state index is 12.1. The molecule has 0 saturated heterocycles. The molecule has 1 aromatic heterocycles. The van der Waals surface area contributed by atoms with Crippen LogP contribution in [0.4, 0.5) is 5.82 Å². The number of benzene rings is 1. The summed E-state index contributed by atoms with van der Waals surface area (Å²) >= 11 is 0. The largest absolute Gasteiger partial charge is 0.392 e. The second-order valence-electron chi connectivity index (χ2n) is 4.19. The van der Waals surface area contributed by atoms with E-state index in [-0.39, 0.29) is 23.9 Å². The fourth-order valence-corrected chi connectivity index (χ4v) is 2.75. The normalized spacial score (nSPS) is 11.4. The van der Waals surface area contributed by atoms with Crippen LogP contribution in [0.25, 0.3) is 0 Å². The summed E-state index contributed by atoms with van der Waals surface area (Å²) in [6.45, 7) is 0.0978. The molecule has 0 unspecified atom stereocenters. The van der Waals surface area contributed by atoms with Gasteiger partial charge in [-0.05, 0) is 23.3 Å². The summed E-state index contributed by atoms with van der Waals surface area (Å²) in [5, 5.41) is 8.93. The number of aliphatic hydroxyl groups is 1. The van der Waals surface area contributed by atoms with Crippen molar-refractivity contribution in [2.75, 3.05) is 5.73 Å². The Morgan fingerprint density at radius 1 is 1.15 bits per heavy atom. The number of aromatic nitrogens is 1. The highest BCUT2D eigenvalue weighted by atomic mass is 32.2. The van der Waals surface area contributed by atoms with Crippen molar-refractivity contribution in [3.63, 3.8) is 0 Å². The molecule has 0 aliphatic rings. The number of nitrogens with zero attached hydrogens (tertiary/aromatic N) is 1. The fourth-order valence-electron chi connectivity index (χ4n) is 1.65. The van der Waals surface area contributed by atoms with Crippen molar-refractivity contribution in [1.82, 2.24) is 9.71 Å². The maximum absolute atomic E-state index is 12.1. The van der Waals surface area contributed by atoms with Gasteiger partial charge in [-0.25, -0.2) is 18.1 Å². The second kappa shape index (κ2) is 6.00. The average molecular weight is 293 g/mol. The highest BCUT2D eigenvalue weighted by Gasteiger charge is 2.17. The Hall–Kier alpha value is -1.96. The molecule has 20 heavy (non-hydrogen) atoms. The van der Waals surface area contributed by atoms with Crippen LogP contribution in [0, 0.1) is 0 Å². The van der Waals surface area contributed by atoms with Gasteiger partial charge in [-0.2, -0.15) is 0 Å². The van der Waals surface area contributed by atoms with Gasteiger partial charge in [-0.15, -0.1) is 0 Å². The predicted octanol–water partition coefficient (Wildman–Crippen LogP) is 0.635. The third-order valence-electron chi connectivity index (χ3n) is 2.76. The van der Waals surface area contributed by atoms with Crippen LogP contribution in [0.15, 0.2) is 47.5 Å². The molecule has 0 atom stereocenters. The van der Waals surface area contributed by atoms with E-state index >= 15 is 0 Å². The lowest BCUT2D eigenvalue weighted by molar-refractivity contribution is 0.282. The van der Waals surface area contributed by atoms with E-state index in [4.69, 9.17) is 10.8 Å². The van der Waals surface area contributed by atoms with E-state index in [0.717, 1.165) is 11.1 Å². The van der Waals surface area contributed by atoms with Crippen LogP contribution in [0.3, 0.4) is 0 Å². The Balaban J connectivity index is 2.11. The van der Waals surface area contributed by atoms with Crippen molar-refractivity contribution in [3.8, 4) is 0 Å². The van der Waals surface area contributed by atoms with Crippen LogP contribution in [0.1, 0.15) is 11.1 Å². The van der Waals surface area contributed by atoms with Gasteiger partial charge in [0.1, 0.15) is 10.7 Å². The van der Waals surface area contributed by atoms with E-state index in [1.165, 1.54) is 18.3 Å². The van der Waals surface area contributed by atoms with E-state index in [9.17, 15) is 8.42 Å². The number of rotatable bonds is 5. The van der Waals surface area contributed by atoms with Crippen molar-refractivity contribution < 1.29 is 13.5 Å². The number of hydrogen-bond donors (Lipinski definition) is 3. The molecule has 0 spiro atoms. The summed E-state index contributed by atoms with van der Waals surface area (Å²) in [7, 11) is -3.69. The standard InChI is InChI=1S/C13H15N3O3S/c14-13-12(2-1-7-15-13)20(18,19)16-8-10-3-5-11(9-17)6-4-10/h1-7,16-17H,8-9H2,(H2,14,15). The Kier molecular flexibility index (Phi) is 4.33. The zero-order valence-electron chi connectivity index (χ0n) is 10.7. The number of aliphatic hydroxyl groups excluding tert-OH is 1. The highest BCUT2D eigenvalue weighted by molar-refractivity contribution is 7.89. The van der Waals surface area contributed by atoms with E-state index in [1.54, 1.807) is 24.3 Å². The minimum Gasteiger partial charge on any atom is -0.392 e. The van der Waals surface area contributed by atoms with Gasteiger partial charge in [0, 0.05) is 12.7 Å². The van der Waals surface area contributed by atoms with Crippen molar-refractivity contribution >= 4 is 15.8 Å². The molecule has 6 nitrogen and oxygen atoms in total. The Labute approximate surface area is 117 Å².